The van der Waals surface area contributed by atoms with Crippen molar-refractivity contribution < 1.29 is 14.6 Å². The van der Waals surface area contributed by atoms with Gasteiger partial charge in [0.1, 0.15) is 0 Å². The first-order valence-corrected chi connectivity index (χ1v) is 6.12. The van der Waals surface area contributed by atoms with Crippen molar-refractivity contribution in [2.45, 2.75) is 38.7 Å². The number of carbonyl (C=O) groups is 1. The van der Waals surface area contributed by atoms with Crippen LogP contribution in [0.15, 0.2) is 30.3 Å². The summed E-state index contributed by atoms with van der Waals surface area (Å²) < 4.78 is 4.83. The molecule has 17 heavy (non-hydrogen) atoms. The number of ether oxygens (including phenoxy) is 1. The Labute approximate surface area is 102 Å². The van der Waals surface area contributed by atoms with Gasteiger partial charge in [-0.2, -0.15) is 0 Å². The van der Waals surface area contributed by atoms with Gasteiger partial charge in [0.25, 0.3) is 0 Å². The monoisotopic (exact) mass is 236 g/mol. The van der Waals surface area contributed by atoms with Crippen molar-refractivity contribution in [1.29, 1.82) is 0 Å². The van der Waals surface area contributed by atoms with Gasteiger partial charge in [-0.05, 0) is 31.7 Å². The second-order valence-corrected chi connectivity index (χ2v) is 3.98. The third kappa shape index (κ3) is 5.50. The van der Waals surface area contributed by atoms with E-state index in [1.807, 2.05) is 30.3 Å². The summed E-state index contributed by atoms with van der Waals surface area (Å²) in [6.45, 7) is 2.24. The predicted octanol–water partition coefficient (Wildman–Crippen LogP) is 2.84. The number of esters is 1. The molecule has 94 valence electrons. The van der Waals surface area contributed by atoms with E-state index in [4.69, 9.17) is 4.74 Å². The highest BCUT2D eigenvalue weighted by Crippen LogP contribution is 2.19. The Morgan fingerprint density at radius 3 is 2.65 bits per heavy atom. The molecule has 0 aromatic heterocycles. The van der Waals surface area contributed by atoms with E-state index < -0.39 is 6.10 Å². The van der Waals surface area contributed by atoms with E-state index >= 15 is 0 Å². The van der Waals surface area contributed by atoms with Crippen LogP contribution in [-0.2, 0) is 9.53 Å². The summed E-state index contributed by atoms with van der Waals surface area (Å²) in [6, 6.07) is 9.58. The number of hydrogen-bond donors (Lipinski definition) is 1. The summed E-state index contributed by atoms with van der Waals surface area (Å²) in [4.78, 5) is 11.1. The molecular formula is C14H20O3. The maximum atomic E-state index is 11.1. The van der Waals surface area contributed by atoms with E-state index in [-0.39, 0.29) is 5.97 Å². The predicted molar refractivity (Wildman–Crippen MR) is 66.5 cm³/mol. The van der Waals surface area contributed by atoms with Crippen LogP contribution < -0.4 is 0 Å². The number of hydrogen-bond acceptors (Lipinski definition) is 3. The fraction of sp³-hybridized carbons (Fsp3) is 0.500. The topological polar surface area (TPSA) is 46.5 Å². The van der Waals surface area contributed by atoms with Crippen LogP contribution in [0.1, 0.15) is 44.3 Å². The Bertz CT molecular complexity index is 321. The standard InChI is InChI=1S/C14H20O3/c1-2-17-14(16)11-7-6-10-13(15)12-8-4-3-5-9-12/h3-5,8-9,13,15H,2,6-7,10-11H2,1H3. The van der Waals surface area contributed by atoms with Gasteiger partial charge in [-0.15, -0.1) is 0 Å². The van der Waals surface area contributed by atoms with Gasteiger partial charge in [0.15, 0.2) is 0 Å². The lowest BCUT2D eigenvalue weighted by Crippen LogP contribution is -2.04. The molecule has 0 bridgehead atoms. The Hall–Kier alpha value is -1.35. The number of aliphatic hydroxyl groups excluding tert-OH is 1. The zero-order valence-corrected chi connectivity index (χ0v) is 10.3. The molecule has 1 rings (SSSR count). The molecule has 0 spiro atoms. The fourth-order valence-electron chi connectivity index (χ4n) is 1.68. The first-order chi connectivity index (χ1) is 8.24. The lowest BCUT2D eigenvalue weighted by atomic mass is 10.0. The van der Waals surface area contributed by atoms with Gasteiger partial charge in [-0.3, -0.25) is 4.79 Å². The fourth-order valence-corrected chi connectivity index (χ4v) is 1.68. The normalized spacial score (nSPS) is 12.1. The zero-order chi connectivity index (χ0) is 12.5. The highest BCUT2D eigenvalue weighted by Gasteiger charge is 2.07. The van der Waals surface area contributed by atoms with Gasteiger partial charge in [-0.1, -0.05) is 30.3 Å². The second-order valence-electron chi connectivity index (χ2n) is 3.98. The maximum absolute atomic E-state index is 11.1. The Morgan fingerprint density at radius 1 is 1.29 bits per heavy atom. The molecule has 3 heteroatoms. The number of benzene rings is 1. The minimum atomic E-state index is -0.432. The third-order valence-electron chi connectivity index (χ3n) is 2.60. The molecule has 0 radical (unpaired) electrons. The van der Waals surface area contributed by atoms with E-state index in [0.29, 0.717) is 19.4 Å². The van der Waals surface area contributed by atoms with Crippen molar-refractivity contribution in [2.75, 3.05) is 6.61 Å². The van der Waals surface area contributed by atoms with E-state index in [9.17, 15) is 9.90 Å². The van der Waals surface area contributed by atoms with Crippen molar-refractivity contribution >= 4 is 5.97 Å². The number of carbonyl (C=O) groups excluding carboxylic acids is 1. The smallest absolute Gasteiger partial charge is 0.305 e. The molecule has 0 saturated carbocycles. The molecule has 0 aliphatic rings. The molecule has 0 fully saturated rings. The summed E-state index contributed by atoms with van der Waals surface area (Å²) in [7, 11) is 0. The van der Waals surface area contributed by atoms with Crippen molar-refractivity contribution in [1.82, 2.24) is 0 Å². The van der Waals surface area contributed by atoms with E-state index in [1.54, 1.807) is 6.92 Å². The minimum absolute atomic E-state index is 0.151. The van der Waals surface area contributed by atoms with Crippen LogP contribution >= 0.6 is 0 Å². The van der Waals surface area contributed by atoms with Gasteiger partial charge in [0.05, 0.1) is 12.7 Å². The molecule has 0 heterocycles. The van der Waals surface area contributed by atoms with Crippen LogP contribution in [0, 0.1) is 0 Å². The van der Waals surface area contributed by atoms with Crippen molar-refractivity contribution in [3.63, 3.8) is 0 Å². The third-order valence-corrected chi connectivity index (χ3v) is 2.60. The van der Waals surface area contributed by atoms with Crippen LogP contribution in [0.25, 0.3) is 0 Å². The average Bonchev–Trinajstić information content (AvgIpc) is 2.36. The Balaban J connectivity index is 2.17. The SMILES string of the molecule is CCOC(=O)CCCCC(O)c1ccccc1. The molecule has 1 aromatic carbocycles. The molecule has 1 N–H and O–H groups in total. The molecule has 0 saturated heterocycles. The number of aliphatic hydroxyl groups is 1. The second kappa shape index (κ2) is 7.85. The summed E-state index contributed by atoms with van der Waals surface area (Å²) in [5.74, 6) is -0.151. The molecule has 0 aliphatic carbocycles. The van der Waals surface area contributed by atoms with Crippen LogP contribution in [-0.4, -0.2) is 17.7 Å². The van der Waals surface area contributed by atoms with Crippen LogP contribution in [0.3, 0.4) is 0 Å². The lowest BCUT2D eigenvalue weighted by Gasteiger charge is -2.10. The van der Waals surface area contributed by atoms with E-state index in [1.165, 1.54) is 0 Å². The zero-order valence-electron chi connectivity index (χ0n) is 10.3. The lowest BCUT2D eigenvalue weighted by molar-refractivity contribution is -0.143. The molecule has 3 nitrogen and oxygen atoms in total. The molecule has 1 atom stereocenters. The van der Waals surface area contributed by atoms with Gasteiger partial charge < -0.3 is 9.84 Å². The van der Waals surface area contributed by atoms with E-state index in [0.717, 1.165) is 18.4 Å². The first kappa shape index (κ1) is 13.7. The number of rotatable bonds is 7. The van der Waals surface area contributed by atoms with Crippen molar-refractivity contribution in [2.24, 2.45) is 0 Å². The van der Waals surface area contributed by atoms with Crippen molar-refractivity contribution in [3.8, 4) is 0 Å². The largest absolute Gasteiger partial charge is 0.466 e. The van der Waals surface area contributed by atoms with E-state index in [2.05, 4.69) is 0 Å². The van der Waals surface area contributed by atoms with Gasteiger partial charge in [0.2, 0.25) is 0 Å². The molecular weight excluding hydrogens is 216 g/mol. The Kier molecular flexibility index (Phi) is 6.33. The molecule has 1 aromatic rings. The maximum Gasteiger partial charge on any atom is 0.305 e. The van der Waals surface area contributed by atoms with Gasteiger partial charge in [-0.25, -0.2) is 0 Å². The van der Waals surface area contributed by atoms with Crippen LogP contribution in [0.5, 0.6) is 0 Å². The molecule has 1 unspecified atom stereocenters. The van der Waals surface area contributed by atoms with Crippen LogP contribution in [0.4, 0.5) is 0 Å². The van der Waals surface area contributed by atoms with Crippen LogP contribution in [0.2, 0.25) is 0 Å². The quantitative estimate of drug-likeness (QED) is 0.585. The summed E-state index contributed by atoms with van der Waals surface area (Å²) in [5, 5.41) is 9.87. The first-order valence-electron chi connectivity index (χ1n) is 6.12. The van der Waals surface area contributed by atoms with Crippen molar-refractivity contribution in [3.05, 3.63) is 35.9 Å². The molecule has 0 amide bonds. The summed E-state index contributed by atoms with van der Waals surface area (Å²) >= 11 is 0. The van der Waals surface area contributed by atoms with Gasteiger partial charge >= 0.3 is 5.97 Å². The van der Waals surface area contributed by atoms with Gasteiger partial charge in [0, 0.05) is 6.42 Å². The highest BCUT2D eigenvalue weighted by molar-refractivity contribution is 5.69. The molecule has 0 aliphatic heterocycles. The minimum Gasteiger partial charge on any atom is -0.466 e. The number of unbranched alkanes of at least 4 members (excludes halogenated alkanes) is 1. The highest BCUT2D eigenvalue weighted by atomic mass is 16.5. The Morgan fingerprint density at radius 2 is 2.00 bits per heavy atom. The summed E-state index contributed by atoms with van der Waals surface area (Å²) in [6.07, 6.45) is 2.29. The average molecular weight is 236 g/mol. The summed E-state index contributed by atoms with van der Waals surface area (Å²) in [5.41, 5.74) is 0.934.